The summed E-state index contributed by atoms with van der Waals surface area (Å²) in [5.41, 5.74) is -0.575. The summed E-state index contributed by atoms with van der Waals surface area (Å²) in [6.45, 7) is 7.40. The topological polar surface area (TPSA) is 64.6 Å². The van der Waals surface area contributed by atoms with Crippen LogP contribution in [0.25, 0.3) is 0 Å². The lowest BCUT2D eigenvalue weighted by Gasteiger charge is -2.22. The van der Waals surface area contributed by atoms with Crippen molar-refractivity contribution in [2.45, 2.75) is 65.0 Å². The van der Waals surface area contributed by atoms with E-state index in [0.717, 1.165) is 19.3 Å². The molecule has 5 heteroatoms. The molecule has 0 rings (SSSR count). The Morgan fingerprint density at radius 1 is 1.22 bits per heavy atom. The maximum absolute atomic E-state index is 11.6. The number of carbonyl (C=O) groups excluding carboxylic acids is 2. The summed E-state index contributed by atoms with van der Waals surface area (Å²) in [5.74, 6) is -0.433. The van der Waals surface area contributed by atoms with Crippen LogP contribution in [0.4, 0.5) is 4.79 Å². The molecule has 1 N–H and O–H groups in total. The van der Waals surface area contributed by atoms with Crippen LogP contribution in [-0.4, -0.2) is 30.8 Å². The van der Waals surface area contributed by atoms with E-state index >= 15 is 0 Å². The summed E-state index contributed by atoms with van der Waals surface area (Å²) in [6, 6.07) is -0.628. The molecule has 0 aromatic rings. The molecule has 0 saturated carbocycles. The van der Waals surface area contributed by atoms with Crippen LogP contribution in [0.5, 0.6) is 0 Å². The molecule has 1 atom stereocenters. The van der Waals surface area contributed by atoms with Crippen LogP contribution in [0.15, 0.2) is 0 Å². The molecule has 5 nitrogen and oxygen atoms in total. The highest BCUT2D eigenvalue weighted by Gasteiger charge is 2.24. The van der Waals surface area contributed by atoms with Gasteiger partial charge < -0.3 is 14.8 Å². The third-order valence-corrected chi connectivity index (χ3v) is 2.27. The van der Waals surface area contributed by atoms with Gasteiger partial charge in [0.2, 0.25) is 0 Å². The second-order valence-corrected chi connectivity index (χ2v) is 5.22. The van der Waals surface area contributed by atoms with E-state index in [2.05, 4.69) is 17.0 Å². The average molecular weight is 259 g/mol. The summed E-state index contributed by atoms with van der Waals surface area (Å²) in [4.78, 5) is 23.1. The Labute approximate surface area is 109 Å². The Bertz CT molecular complexity index is 271. The fraction of sp³-hybridized carbons (Fsp3) is 0.846. The molecule has 106 valence electrons. The Morgan fingerprint density at radius 2 is 1.83 bits per heavy atom. The first kappa shape index (κ1) is 16.7. The molecule has 0 spiro atoms. The maximum atomic E-state index is 11.6. The molecule has 0 fully saturated rings. The van der Waals surface area contributed by atoms with Crippen molar-refractivity contribution in [1.29, 1.82) is 0 Å². The molecule has 0 heterocycles. The van der Waals surface area contributed by atoms with Gasteiger partial charge in [0, 0.05) is 0 Å². The Hall–Kier alpha value is -1.26. The van der Waals surface area contributed by atoms with Gasteiger partial charge in [-0.3, -0.25) is 0 Å². The number of alkyl carbamates (subject to hydrolysis) is 1. The molecular weight excluding hydrogens is 234 g/mol. The standard InChI is InChI=1S/C13H25NO4/c1-6-7-8-9-10(11(15)17-5)14-12(16)18-13(2,3)4/h10H,6-9H2,1-5H3,(H,14,16). The lowest BCUT2D eigenvalue weighted by Crippen LogP contribution is -2.44. The van der Waals surface area contributed by atoms with E-state index in [1.807, 2.05) is 0 Å². The zero-order valence-corrected chi connectivity index (χ0v) is 12.0. The van der Waals surface area contributed by atoms with E-state index in [-0.39, 0.29) is 0 Å². The summed E-state index contributed by atoms with van der Waals surface area (Å²) in [7, 11) is 1.31. The van der Waals surface area contributed by atoms with Crippen molar-refractivity contribution >= 4 is 12.1 Å². The van der Waals surface area contributed by atoms with E-state index in [9.17, 15) is 9.59 Å². The number of carbonyl (C=O) groups is 2. The molecular formula is C13H25NO4. The highest BCUT2D eigenvalue weighted by molar-refractivity contribution is 5.81. The van der Waals surface area contributed by atoms with Gasteiger partial charge in [-0.25, -0.2) is 9.59 Å². The molecule has 18 heavy (non-hydrogen) atoms. The van der Waals surface area contributed by atoms with Gasteiger partial charge in [-0.05, 0) is 27.2 Å². The van der Waals surface area contributed by atoms with Crippen LogP contribution < -0.4 is 5.32 Å². The molecule has 0 aliphatic carbocycles. The van der Waals surface area contributed by atoms with Crippen molar-refractivity contribution in [2.75, 3.05) is 7.11 Å². The summed E-state index contributed by atoms with van der Waals surface area (Å²) in [6.07, 6.45) is 2.92. The zero-order chi connectivity index (χ0) is 14.2. The van der Waals surface area contributed by atoms with Crippen molar-refractivity contribution in [1.82, 2.24) is 5.32 Å². The molecule has 1 amide bonds. The number of ether oxygens (including phenoxy) is 2. The monoisotopic (exact) mass is 259 g/mol. The number of hydrogen-bond acceptors (Lipinski definition) is 4. The third kappa shape index (κ3) is 7.92. The number of nitrogens with one attached hydrogen (secondary N) is 1. The first-order valence-electron chi connectivity index (χ1n) is 6.37. The fourth-order valence-corrected chi connectivity index (χ4v) is 1.44. The number of amides is 1. The van der Waals surface area contributed by atoms with Gasteiger partial charge in [-0.15, -0.1) is 0 Å². The third-order valence-electron chi connectivity index (χ3n) is 2.27. The van der Waals surface area contributed by atoms with Gasteiger partial charge in [0.15, 0.2) is 0 Å². The highest BCUT2D eigenvalue weighted by Crippen LogP contribution is 2.09. The number of esters is 1. The Balaban J connectivity index is 4.31. The van der Waals surface area contributed by atoms with Gasteiger partial charge in [0.25, 0.3) is 0 Å². The van der Waals surface area contributed by atoms with Crippen LogP contribution >= 0.6 is 0 Å². The average Bonchev–Trinajstić information content (AvgIpc) is 2.24. The summed E-state index contributed by atoms with van der Waals surface area (Å²) in [5, 5.41) is 2.55. The van der Waals surface area contributed by atoms with Gasteiger partial charge in [-0.1, -0.05) is 26.2 Å². The first-order valence-corrected chi connectivity index (χ1v) is 6.37. The van der Waals surface area contributed by atoms with Crippen molar-refractivity contribution < 1.29 is 19.1 Å². The maximum Gasteiger partial charge on any atom is 0.408 e. The predicted octanol–water partition coefficient (Wildman–Crippen LogP) is 2.63. The van der Waals surface area contributed by atoms with E-state index < -0.39 is 23.7 Å². The predicted molar refractivity (Wildman–Crippen MR) is 69.3 cm³/mol. The van der Waals surface area contributed by atoms with Crippen molar-refractivity contribution in [2.24, 2.45) is 0 Å². The highest BCUT2D eigenvalue weighted by atomic mass is 16.6. The minimum absolute atomic E-state index is 0.433. The molecule has 0 aromatic heterocycles. The molecule has 0 bridgehead atoms. The smallest absolute Gasteiger partial charge is 0.408 e. The minimum atomic E-state index is -0.628. The van der Waals surface area contributed by atoms with Crippen LogP contribution in [0, 0.1) is 0 Å². The lowest BCUT2D eigenvalue weighted by molar-refractivity contribution is -0.143. The van der Waals surface area contributed by atoms with Gasteiger partial charge in [0.1, 0.15) is 11.6 Å². The summed E-state index contributed by atoms with van der Waals surface area (Å²) < 4.78 is 9.78. The van der Waals surface area contributed by atoms with Crippen molar-refractivity contribution in [3.63, 3.8) is 0 Å². The Morgan fingerprint density at radius 3 is 2.28 bits per heavy atom. The van der Waals surface area contributed by atoms with Crippen LogP contribution in [0.3, 0.4) is 0 Å². The van der Waals surface area contributed by atoms with E-state index in [0.29, 0.717) is 6.42 Å². The second-order valence-electron chi connectivity index (χ2n) is 5.22. The largest absolute Gasteiger partial charge is 0.467 e. The normalized spacial score (nSPS) is 12.7. The SMILES string of the molecule is CCCCCC(NC(=O)OC(C)(C)C)C(=O)OC. The van der Waals surface area contributed by atoms with E-state index in [1.165, 1.54) is 7.11 Å². The zero-order valence-electron chi connectivity index (χ0n) is 12.0. The van der Waals surface area contributed by atoms with Crippen LogP contribution in [0.2, 0.25) is 0 Å². The van der Waals surface area contributed by atoms with Crippen LogP contribution in [-0.2, 0) is 14.3 Å². The second kappa shape index (κ2) is 7.95. The van der Waals surface area contributed by atoms with Gasteiger partial charge in [-0.2, -0.15) is 0 Å². The molecule has 0 saturated heterocycles. The number of unbranched alkanes of at least 4 members (excludes halogenated alkanes) is 2. The van der Waals surface area contributed by atoms with Crippen molar-refractivity contribution in [3.05, 3.63) is 0 Å². The van der Waals surface area contributed by atoms with Gasteiger partial charge in [0.05, 0.1) is 7.11 Å². The number of hydrogen-bond donors (Lipinski definition) is 1. The molecule has 0 aliphatic heterocycles. The quantitative estimate of drug-likeness (QED) is 0.588. The van der Waals surface area contributed by atoms with E-state index in [4.69, 9.17) is 4.74 Å². The fourth-order valence-electron chi connectivity index (χ4n) is 1.44. The summed E-state index contributed by atoms with van der Waals surface area (Å²) >= 11 is 0. The first-order chi connectivity index (χ1) is 8.30. The lowest BCUT2D eigenvalue weighted by atomic mass is 10.1. The van der Waals surface area contributed by atoms with Crippen molar-refractivity contribution in [3.8, 4) is 0 Å². The molecule has 0 aromatic carbocycles. The number of methoxy groups -OCH3 is 1. The minimum Gasteiger partial charge on any atom is -0.467 e. The Kier molecular flexibility index (Phi) is 7.39. The molecule has 0 aliphatic rings. The molecule has 1 unspecified atom stereocenters. The van der Waals surface area contributed by atoms with Crippen LogP contribution in [0.1, 0.15) is 53.4 Å². The number of rotatable bonds is 6. The molecule has 0 radical (unpaired) electrons. The van der Waals surface area contributed by atoms with Gasteiger partial charge >= 0.3 is 12.1 Å². The van der Waals surface area contributed by atoms with E-state index in [1.54, 1.807) is 20.8 Å².